The third-order valence-electron chi connectivity index (χ3n) is 9.67. The van der Waals surface area contributed by atoms with Crippen molar-refractivity contribution in [3.05, 3.63) is 107 Å². The van der Waals surface area contributed by atoms with Crippen LogP contribution in [0.2, 0.25) is 0 Å². The molecule has 1 aliphatic heterocycles. The zero-order valence-electron chi connectivity index (χ0n) is 31.2. The molecule has 1 aromatic heterocycles. The fraction of sp³-hybridized carbons (Fsp3) is 0.400. The van der Waals surface area contributed by atoms with E-state index >= 15 is 0 Å². The molecule has 4 aromatic rings. The number of benzene rings is 3. The van der Waals surface area contributed by atoms with Crippen molar-refractivity contribution >= 4 is 39.5 Å². The topological polar surface area (TPSA) is 156 Å². The van der Waals surface area contributed by atoms with Crippen LogP contribution in [-0.2, 0) is 27.8 Å². The van der Waals surface area contributed by atoms with Crippen molar-refractivity contribution < 1.29 is 28.3 Å². The van der Waals surface area contributed by atoms with Crippen LogP contribution >= 0.6 is 11.3 Å². The molecular weight excluding hydrogens is 725 g/mol. The maximum atomic E-state index is 14.4. The number of aliphatic hydroxyl groups excluding tert-OH is 1. The fourth-order valence-corrected chi connectivity index (χ4v) is 8.96. The predicted octanol–water partition coefficient (Wildman–Crippen LogP) is 5.71. The van der Waals surface area contributed by atoms with Crippen molar-refractivity contribution in [2.45, 2.75) is 70.2 Å². The number of nitrogens with one attached hydrogen (secondary N) is 1. The van der Waals surface area contributed by atoms with Crippen LogP contribution in [0.3, 0.4) is 0 Å². The second-order valence-corrected chi connectivity index (χ2v) is 17.0. The van der Waals surface area contributed by atoms with Crippen molar-refractivity contribution in [1.82, 2.24) is 24.4 Å². The second kappa shape index (κ2) is 18.6. The van der Waals surface area contributed by atoms with Crippen LogP contribution < -0.4 is 5.32 Å². The van der Waals surface area contributed by atoms with Crippen LogP contribution in [0.4, 0.5) is 4.79 Å². The molecule has 14 heteroatoms. The molecule has 1 fully saturated rings. The number of oxime groups is 1. The van der Waals surface area contributed by atoms with Crippen molar-refractivity contribution in [1.29, 1.82) is 0 Å². The van der Waals surface area contributed by atoms with Crippen LogP contribution in [0, 0.1) is 11.8 Å². The van der Waals surface area contributed by atoms with E-state index in [1.54, 1.807) is 27.3 Å². The quantitative estimate of drug-likeness (QED) is 0.0665. The Morgan fingerprint density at radius 2 is 1.74 bits per heavy atom. The molecule has 1 saturated heterocycles. The van der Waals surface area contributed by atoms with Crippen molar-refractivity contribution in [2.75, 3.05) is 26.2 Å². The molecule has 288 valence electrons. The summed E-state index contributed by atoms with van der Waals surface area (Å²) in [6.07, 6.45) is 2.54. The van der Waals surface area contributed by atoms with Crippen LogP contribution in [0.25, 0.3) is 10.6 Å². The number of urea groups is 1. The summed E-state index contributed by atoms with van der Waals surface area (Å²) in [6.45, 7) is 8.75. The summed E-state index contributed by atoms with van der Waals surface area (Å²) < 4.78 is 29.2. The van der Waals surface area contributed by atoms with Gasteiger partial charge in [0.25, 0.3) is 0 Å². The average molecular weight is 775 g/mol. The number of aliphatic hydroxyl groups is 1. The Balaban J connectivity index is 1.37. The highest BCUT2D eigenvalue weighted by molar-refractivity contribution is 7.89. The van der Waals surface area contributed by atoms with Gasteiger partial charge in [0.05, 0.1) is 23.3 Å². The lowest BCUT2D eigenvalue weighted by molar-refractivity contribution is -0.128. The standard InChI is InChI=1S/C40H50N6O6S2/c1-5-29(4)37(46-20-19-44(40(46)49)26-32-12-9-13-33(22-32)39-41-18-21-53-39)38(48)43-35(23-30-10-7-6-8-11-30)36(47)27-45(25-28(2)3)54(51,52)34-16-14-31(15-17-34)24-42-50/h6-18,21-22,24,28-29,35-37,47,50H,5,19-20,23,25-27H2,1-4H3,(H,43,48)/b42-24+/t29?,35-,36+,37?/m0/s1. The molecule has 0 radical (unpaired) electrons. The molecule has 0 spiro atoms. The first-order valence-electron chi connectivity index (χ1n) is 18.3. The molecule has 2 unspecified atom stereocenters. The Morgan fingerprint density at radius 3 is 2.39 bits per heavy atom. The van der Waals surface area contributed by atoms with Gasteiger partial charge in [-0.2, -0.15) is 4.31 Å². The van der Waals surface area contributed by atoms with Gasteiger partial charge in [-0.15, -0.1) is 11.3 Å². The molecule has 4 atom stereocenters. The maximum Gasteiger partial charge on any atom is 0.321 e. The van der Waals surface area contributed by atoms with E-state index in [0.29, 0.717) is 31.6 Å². The summed E-state index contributed by atoms with van der Waals surface area (Å²) in [4.78, 5) is 36.2. The van der Waals surface area contributed by atoms with Gasteiger partial charge in [-0.25, -0.2) is 18.2 Å². The summed E-state index contributed by atoms with van der Waals surface area (Å²) in [5.41, 5.74) is 3.32. The number of amides is 3. The Kier molecular flexibility index (Phi) is 14.0. The number of carbonyl (C=O) groups is 2. The first kappa shape index (κ1) is 40.6. The first-order chi connectivity index (χ1) is 25.9. The minimum Gasteiger partial charge on any atom is -0.411 e. The van der Waals surface area contributed by atoms with Gasteiger partial charge in [-0.3, -0.25) is 4.79 Å². The van der Waals surface area contributed by atoms with Crippen molar-refractivity contribution in [2.24, 2.45) is 17.0 Å². The predicted molar refractivity (Wildman–Crippen MR) is 211 cm³/mol. The molecule has 3 amide bonds. The van der Waals surface area contributed by atoms with Crippen molar-refractivity contribution in [3.8, 4) is 10.6 Å². The van der Waals surface area contributed by atoms with E-state index in [9.17, 15) is 23.1 Å². The average Bonchev–Trinajstić information content (AvgIpc) is 3.82. The fourth-order valence-electron chi connectivity index (χ4n) is 6.70. The lowest BCUT2D eigenvalue weighted by atomic mass is 9.95. The van der Waals surface area contributed by atoms with Crippen LogP contribution in [0.1, 0.15) is 50.8 Å². The van der Waals surface area contributed by atoms with Crippen LogP contribution in [0.15, 0.2) is 100 Å². The Bertz CT molecular complexity index is 1960. The highest BCUT2D eigenvalue weighted by Crippen LogP contribution is 2.26. The monoisotopic (exact) mass is 774 g/mol. The number of nitrogens with zero attached hydrogens (tertiary/aromatic N) is 5. The lowest BCUT2D eigenvalue weighted by Crippen LogP contribution is -2.57. The van der Waals surface area contributed by atoms with Gasteiger partial charge >= 0.3 is 6.03 Å². The molecule has 1 aliphatic rings. The Labute approximate surface area is 322 Å². The summed E-state index contributed by atoms with van der Waals surface area (Å²) in [5, 5.41) is 29.6. The SMILES string of the molecule is CCC(C)C(C(=O)N[C@@H](Cc1ccccc1)[C@H](O)CN(CC(C)C)S(=O)(=O)c1ccc(/C=N/O)cc1)N1CCN(Cc2cccc(-c3nccs3)c2)C1=O. The summed E-state index contributed by atoms with van der Waals surface area (Å²) >= 11 is 1.55. The molecule has 2 heterocycles. The van der Waals surface area contributed by atoms with E-state index in [-0.39, 0.29) is 42.3 Å². The first-order valence-corrected chi connectivity index (χ1v) is 20.6. The molecule has 5 rings (SSSR count). The smallest absolute Gasteiger partial charge is 0.321 e. The van der Waals surface area contributed by atoms with Crippen LogP contribution in [0.5, 0.6) is 0 Å². The zero-order chi connectivity index (χ0) is 38.8. The number of carbonyl (C=O) groups excluding carboxylic acids is 2. The van der Waals surface area contributed by atoms with E-state index in [1.165, 1.54) is 34.8 Å². The number of hydrogen-bond acceptors (Lipinski definition) is 9. The van der Waals surface area contributed by atoms with Gasteiger partial charge in [0.1, 0.15) is 11.0 Å². The number of aromatic nitrogens is 1. The Morgan fingerprint density at radius 1 is 1.02 bits per heavy atom. The molecular formula is C40H50N6O6S2. The largest absolute Gasteiger partial charge is 0.411 e. The zero-order valence-corrected chi connectivity index (χ0v) is 32.8. The maximum absolute atomic E-state index is 14.4. The van der Waals surface area contributed by atoms with Gasteiger partial charge in [-0.05, 0) is 53.1 Å². The normalized spacial score (nSPS) is 15.9. The third kappa shape index (κ3) is 10.1. The summed E-state index contributed by atoms with van der Waals surface area (Å²) in [6, 6.07) is 21.4. The minimum atomic E-state index is -4.07. The third-order valence-corrected chi connectivity index (χ3v) is 12.3. The molecule has 54 heavy (non-hydrogen) atoms. The number of rotatable bonds is 18. The molecule has 0 saturated carbocycles. The van der Waals surface area contributed by atoms with E-state index in [0.717, 1.165) is 21.7 Å². The molecule has 0 aliphatic carbocycles. The second-order valence-electron chi connectivity index (χ2n) is 14.2. The van der Waals surface area contributed by atoms with Gasteiger partial charge < -0.3 is 25.4 Å². The van der Waals surface area contributed by atoms with E-state index < -0.39 is 34.1 Å². The highest BCUT2D eigenvalue weighted by atomic mass is 32.2. The van der Waals surface area contributed by atoms with Gasteiger partial charge in [-0.1, -0.05) is 99.9 Å². The van der Waals surface area contributed by atoms with E-state index in [4.69, 9.17) is 5.21 Å². The van der Waals surface area contributed by atoms with E-state index in [2.05, 4.69) is 15.5 Å². The molecule has 3 N–H and O–H groups in total. The van der Waals surface area contributed by atoms with Gasteiger partial charge in [0.2, 0.25) is 15.9 Å². The number of thiazole rings is 1. The highest BCUT2D eigenvalue weighted by Gasteiger charge is 2.41. The van der Waals surface area contributed by atoms with Gasteiger partial charge in [0.15, 0.2) is 0 Å². The molecule has 0 bridgehead atoms. The van der Waals surface area contributed by atoms with Crippen LogP contribution in [-0.4, -0.2) is 100 Å². The Hall–Kier alpha value is -4.63. The number of sulfonamides is 1. The molecule has 3 aromatic carbocycles. The van der Waals surface area contributed by atoms with Gasteiger partial charge in [0, 0.05) is 49.9 Å². The van der Waals surface area contributed by atoms with E-state index in [1.807, 2.05) is 87.7 Å². The number of hydrogen-bond donors (Lipinski definition) is 3. The molecule has 12 nitrogen and oxygen atoms in total. The van der Waals surface area contributed by atoms with Crippen molar-refractivity contribution in [3.63, 3.8) is 0 Å². The summed E-state index contributed by atoms with van der Waals surface area (Å²) in [7, 11) is -4.07. The summed E-state index contributed by atoms with van der Waals surface area (Å²) in [5.74, 6) is -0.665. The minimum absolute atomic E-state index is 0.0259. The lowest BCUT2D eigenvalue weighted by Gasteiger charge is -2.35.